The van der Waals surface area contributed by atoms with E-state index < -0.39 is 13.9 Å². The van der Waals surface area contributed by atoms with Gasteiger partial charge in [0.2, 0.25) is 0 Å². The lowest BCUT2D eigenvalue weighted by atomic mass is 9.64. The fourth-order valence-electron chi connectivity index (χ4n) is 4.35. The number of hydrogen-bond acceptors (Lipinski definition) is 3. The van der Waals surface area contributed by atoms with Gasteiger partial charge in [-0.05, 0) is 31.5 Å². The molecular formula is C16H30O3Si. The number of ether oxygens (including phenoxy) is 1. The molecule has 0 spiro atoms. The van der Waals surface area contributed by atoms with Crippen molar-refractivity contribution in [1.29, 1.82) is 0 Å². The molecule has 4 heteroatoms. The molecule has 0 aromatic heterocycles. The molecule has 1 saturated heterocycles. The highest BCUT2D eigenvalue weighted by molar-refractivity contribution is 6.73. The topological polar surface area (TPSA) is 38.8 Å². The monoisotopic (exact) mass is 298 g/mol. The third-order valence-electron chi connectivity index (χ3n) is 6.01. The van der Waals surface area contributed by atoms with Crippen LogP contribution >= 0.6 is 0 Å². The van der Waals surface area contributed by atoms with E-state index in [-0.39, 0.29) is 17.1 Å². The first-order valence-corrected chi connectivity index (χ1v) is 10.6. The van der Waals surface area contributed by atoms with Gasteiger partial charge in [0.15, 0.2) is 20.2 Å². The van der Waals surface area contributed by atoms with Gasteiger partial charge in [0, 0.05) is 17.9 Å². The van der Waals surface area contributed by atoms with E-state index in [1.54, 1.807) is 0 Å². The molecule has 1 aliphatic heterocycles. The normalized spacial score (nSPS) is 39.2. The SMILES string of the molecule is CC[Si](CC)(CC)O[C@H]1CC(C)(C)[C@@]2(C=O)O[C@@]2(C)C1. The molecule has 0 aromatic rings. The second-order valence-corrected chi connectivity index (χ2v) is 12.2. The van der Waals surface area contributed by atoms with Crippen molar-refractivity contribution in [3.05, 3.63) is 0 Å². The number of hydrogen-bond donors (Lipinski definition) is 0. The highest BCUT2D eigenvalue weighted by Crippen LogP contribution is 2.64. The number of rotatable bonds is 6. The Morgan fingerprint density at radius 2 is 1.70 bits per heavy atom. The summed E-state index contributed by atoms with van der Waals surface area (Å²) in [5, 5.41) is 0. The molecular weight excluding hydrogens is 268 g/mol. The van der Waals surface area contributed by atoms with Crippen LogP contribution in [0.1, 0.15) is 54.4 Å². The Morgan fingerprint density at radius 3 is 2.10 bits per heavy atom. The zero-order valence-electron chi connectivity index (χ0n) is 13.9. The third-order valence-corrected chi connectivity index (χ3v) is 10.7. The first kappa shape index (κ1) is 16.2. The van der Waals surface area contributed by atoms with Crippen molar-refractivity contribution in [2.75, 3.05) is 0 Å². The van der Waals surface area contributed by atoms with Gasteiger partial charge in [0.25, 0.3) is 0 Å². The van der Waals surface area contributed by atoms with E-state index in [2.05, 4.69) is 41.5 Å². The summed E-state index contributed by atoms with van der Waals surface area (Å²) >= 11 is 0. The Morgan fingerprint density at radius 1 is 1.15 bits per heavy atom. The summed E-state index contributed by atoms with van der Waals surface area (Å²) in [6.45, 7) is 13.2. The van der Waals surface area contributed by atoms with Gasteiger partial charge in [-0.2, -0.15) is 0 Å². The number of carbonyl (C=O) groups excluding carboxylic acids is 1. The molecule has 1 saturated carbocycles. The first-order valence-electron chi connectivity index (χ1n) is 8.08. The van der Waals surface area contributed by atoms with Crippen LogP contribution in [0, 0.1) is 5.41 Å². The van der Waals surface area contributed by atoms with Gasteiger partial charge in [0.05, 0.1) is 0 Å². The average molecular weight is 298 g/mol. The molecule has 2 aliphatic rings. The second-order valence-electron chi connectivity index (χ2n) is 7.46. The molecule has 0 unspecified atom stereocenters. The van der Waals surface area contributed by atoms with Crippen LogP contribution in [0.5, 0.6) is 0 Å². The van der Waals surface area contributed by atoms with Crippen molar-refractivity contribution in [3.63, 3.8) is 0 Å². The number of carbonyl (C=O) groups is 1. The molecule has 3 atom stereocenters. The lowest BCUT2D eigenvalue weighted by Crippen LogP contribution is -2.51. The smallest absolute Gasteiger partial charge is 0.192 e. The molecule has 0 bridgehead atoms. The van der Waals surface area contributed by atoms with Crippen LogP contribution < -0.4 is 0 Å². The molecule has 20 heavy (non-hydrogen) atoms. The Bertz CT molecular complexity index is 383. The molecule has 116 valence electrons. The van der Waals surface area contributed by atoms with Crippen LogP contribution in [-0.4, -0.2) is 31.9 Å². The number of fused-ring (bicyclic) bond motifs is 1. The van der Waals surface area contributed by atoms with E-state index in [1.165, 1.54) is 18.1 Å². The van der Waals surface area contributed by atoms with Crippen molar-refractivity contribution in [2.45, 2.75) is 89.8 Å². The van der Waals surface area contributed by atoms with Gasteiger partial charge in [-0.1, -0.05) is 34.6 Å². The van der Waals surface area contributed by atoms with E-state index in [1.807, 2.05) is 0 Å². The van der Waals surface area contributed by atoms with Crippen LogP contribution in [-0.2, 0) is 14.0 Å². The Hall–Kier alpha value is -0.193. The Balaban J connectivity index is 2.16. The fourth-order valence-corrected chi connectivity index (χ4v) is 7.22. The van der Waals surface area contributed by atoms with Crippen LogP contribution in [0.2, 0.25) is 18.1 Å². The molecule has 3 nitrogen and oxygen atoms in total. The molecule has 2 rings (SSSR count). The first-order chi connectivity index (χ1) is 9.24. The summed E-state index contributed by atoms with van der Waals surface area (Å²) in [6, 6.07) is 3.52. The van der Waals surface area contributed by atoms with E-state index in [4.69, 9.17) is 9.16 Å². The second kappa shape index (κ2) is 4.92. The maximum absolute atomic E-state index is 11.5. The fraction of sp³-hybridized carbons (Fsp3) is 0.938. The highest BCUT2D eigenvalue weighted by Gasteiger charge is 2.76. The average Bonchev–Trinajstić information content (AvgIpc) is 3.03. The minimum atomic E-state index is -1.59. The highest BCUT2D eigenvalue weighted by atomic mass is 28.4. The van der Waals surface area contributed by atoms with Gasteiger partial charge < -0.3 is 9.16 Å². The molecule has 1 heterocycles. The van der Waals surface area contributed by atoms with Gasteiger partial charge in [0.1, 0.15) is 5.60 Å². The minimum absolute atomic E-state index is 0.137. The standard InChI is InChI=1S/C16H30O3Si/c1-7-20(8-2,9-3)18-13-10-14(4,5)16(12-17)15(6,11-13)19-16/h12-13H,7-11H2,1-6H3/t13-,15-,16+/m0/s1. The van der Waals surface area contributed by atoms with Gasteiger partial charge in [-0.15, -0.1) is 0 Å². The van der Waals surface area contributed by atoms with Crippen LogP contribution in [0.4, 0.5) is 0 Å². The molecule has 0 amide bonds. The molecule has 2 fully saturated rings. The maximum Gasteiger partial charge on any atom is 0.192 e. The minimum Gasteiger partial charge on any atom is -0.414 e. The zero-order valence-corrected chi connectivity index (χ0v) is 14.9. The zero-order chi connectivity index (χ0) is 15.2. The summed E-state index contributed by atoms with van der Waals surface area (Å²) in [5.41, 5.74) is -1.02. The van der Waals surface area contributed by atoms with Gasteiger partial charge in [-0.3, -0.25) is 4.79 Å². The summed E-state index contributed by atoms with van der Waals surface area (Å²) < 4.78 is 12.6. The third kappa shape index (κ3) is 2.11. The lowest BCUT2D eigenvalue weighted by molar-refractivity contribution is -0.117. The number of epoxide rings is 1. The quantitative estimate of drug-likeness (QED) is 0.424. The summed E-state index contributed by atoms with van der Waals surface area (Å²) in [7, 11) is -1.59. The van der Waals surface area contributed by atoms with E-state index in [9.17, 15) is 4.79 Å². The van der Waals surface area contributed by atoms with E-state index in [0.29, 0.717) is 0 Å². The number of aldehydes is 1. The van der Waals surface area contributed by atoms with E-state index >= 15 is 0 Å². The molecule has 0 N–H and O–H groups in total. The molecule has 0 radical (unpaired) electrons. The van der Waals surface area contributed by atoms with Crippen molar-refractivity contribution >= 4 is 14.6 Å². The maximum atomic E-state index is 11.5. The largest absolute Gasteiger partial charge is 0.414 e. The predicted octanol–water partition coefficient (Wildman–Crippen LogP) is 3.92. The molecule has 0 aromatic carbocycles. The Kier molecular flexibility index (Phi) is 3.98. The van der Waals surface area contributed by atoms with Crippen LogP contribution in [0.25, 0.3) is 0 Å². The van der Waals surface area contributed by atoms with Crippen LogP contribution in [0.15, 0.2) is 0 Å². The summed E-state index contributed by atoms with van der Waals surface area (Å²) in [6.07, 6.45) is 3.07. The predicted molar refractivity (Wildman–Crippen MR) is 83.4 cm³/mol. The van der Waals surface area contributed by atoms with Crippen molar-refractivity contribution in [2.24, 2.45) is 5.41 Å². The summed E-state index contributed by atoms with van der Waals surface area (Å²) in [4.78, 5) is 11.5. The summed E-state index contributed by atoms with van der Waals surface area (Å²) in [5.74, 6) is 0. The van der Waals surface area contributed by atoms with Crippen molar-refractivity contribution in [1.82, 2.24) is 0 Å². The lowest BCUT2D eigenvalue weighted by Gasteiger charge is -2.43. The van der Waals surface area contributed by atoms with Gasteiger partial charge >= 0.3 is 0 Å². The van der Waals surface area contributed by atoms with E-state index in [0.717, 1.165) is 19.1 Å². The molecule has 1 aliphatic carbocycles. The van der Waals surface area contributed by atoms with Crippen molar-refractivity contribution < 1.29 is 14.0 Å². The Labute approximate surface area is 124 Å². The van der Waals surface area contributed by atoms with Gasteiger partial charge in [-0.25, -0.2) is 0 Å². The van der Waals surface area contributed by atoms with Crippen LogP contribution in [0.3, 0.4) is 0 Å². The van der Waals surface area contributed by atoms with Crippen molar-refractivity contribution in [3.8, 4) is 0 Å².